The Labute approximate surface area is 187 Å². The van der Waals surface area contributed by atoms with Crippen molar-refractivity contribution in [3.63, 3.8) is 0 Å². The van der Waals surface area contributed by atoms with Gasteiger partial charge in [0.05, 0.1) is 22.1 Å². The Morgan fingerprint density at radius 3 is 2.42 bits per heavy atom. The van der Waals surface area contributed by atoms with E-state index in [4.69, 9.17) is 0 Å². The van der Waals surface area contributed by atoms with Crippen LogP contribution in [0.25, 0.3) is 0 Å². The van der Waals surface area contributed by atoms with Crippen LogP contribution in [-0.4, -0.2) is 69.3 Å². The number of amides is 1. The Morgan fingerprint density at radius 1 is 1.26 bits per heavy atom. The van der Waals surface area contributed by atoms with Crippen molar-refractivity contribution in [1.82, 2.24) is 28.8 Å². The van der Waals surface area contributed by atoms with Crippen LogP contribution in [0.2, 0.25) is 0 Å². The Morgan fingerprint density at radius 2 is 1.90 bits per heavy atom. The first-order chi connectivity index (χ1) is 14.6. The zero-order valence-electron chi connectivity index (χ0n) is 17.1. The molecule has 3 heterocycles. The summed E-state index contributed by atoms with van der Waals surface area (Å²) in [7, 11) is -2.02. The van der Waals surface area contributed by atoms with Gasteiger partial charge in [-0.15, -0.1) is 0 Å². The number of rotatable bonds is 6. The Kier molecular flexibility index (Phi) is 5.94. The number of sulfonamides is 1. The Bertz CT molecular complexity index is 1100. The molecule has 0 spiro atoms. The fraction of sp³-hybridized carbons (Fsp3) is 0.611. The number of aromatic nitrogens is 4. The monoisotopic (exact) mass is 520 g/mol. The van der Waals surface area contributed by atoms with E-state index in [2.05, 4.69) is 26.1 Å². The summed E-state index contributed by atoms with van der Waals surface area (Å²) < 4.78 is 56.8. The third-order valence-corrected chi connectivity index (χ3v) is 8.63. The maximum absolute atomic E-state index is 13.3. The van der Waals surface area contributed by atoms with E-state index in [1.54, 1.807) is 18.9 Å². The molecule has 1 saturated heterocycles. The predicted molar refractivity (Wildman–Crippen MR) is 110 cm³/mol. The SMILES string of the molecule is Cc1c(S(=O)(=O)N2CCN(C(=O)Cn3nc(C(F)F)c(Br)c3C3CC3)CC2)cnn1C. The first-order valence-corrected chi connectivity index (χ1v) is 12.1. The zero-order chi connectivity index (χ0) is 22.5. The summed E-state index contributed by atoms with van der Waals surface area (Å²) in [6.45, 7) is 2.30. The van der Waals surface area contributed by atoms with E-state index in [9.17, 15) is 22.0 Å². The number of piperazine rings is 1. The van der Waals surface area contributed by atoms with Gasteiger partial charge < -0.3 is 4.90 Å². The number of carbonyl (C=O) groups excluding carboxylic acids is 1. The van der Waals surface area contributed by atoms with Crippen LogP contribution in [0.15, 0.2) is 15.6 Å². The number of halogens is 3. The highest BCUT2D eigenvalue weighted by Crippen LogP contribution is 2.45. The normalized spacial score (nSPS) is 18.2. The van der Waals surface area contributed by atoms with Crippen LogP contribution in [0.1, 0.15) is 42.3 Å². The van der Waals surface area contributed by atoms with Crippen LogP contribution in [0.5, 0.6) is 0 Å². The number of alkyl halides is 2. The predicted octanol–water partition coefficient (Wildman–Crippen LogP) is 2.04. The quantitative estimate of drug-likeness (QED) is 0.580. The van der Waals surface area contributed by atoms with Gasteiger partial charge in [0.15, 0.2) is 0 Å². The fourth-order valence-electron chi connectivity index (χ4n) is 3.76. The minimum atomic E-state index is -3.70. The largest absolute Gasteiger partial charge is 0.338 e. The zero-order valence-corrected chi connectivity index (χ0v) is 19.5. The summed E-state index contributed by atoms with van der Waals surface area (Å²) in [6, 6.07) is 0. The van der Waals surface area contributed by atoms with E-state index in [-0.39, 0.29) is 59.6 Å². The molecule has 31 heavy (non-hydrogen) atoms. The van der Waals surface area contributed by atoms with Crippen LogP contribution >= 0.6 is 15.9 Å². The molecule has 1 aliphatic heterocycles. The van der Waals surface area contributed by atoms with Crippen LogP contribution < -0.4 is 0 Å². The number of nitrogens with zero attached hydrogens (tertiary/aromatic N) is 6. The lowest BCUT2D eigenvalue weighted by Crippen LogP contribution is -2.51. The molecule has 1 saturated carbocycles. The topological polar surface area (TPSA) is 93.3 Å². The molecular weight excluding hydrogens is 498 g/mol. The standard InChI is InChI=1S/C18H23BrF2N6O3S/c1-11-13(9-22-24(11)2)31(29,30)26-7-5-25(6-8-26)14(28)10-27-17(12-3-4-12)15(19)16(23-27)18(20)21/h9,12,18H,3-8,10H2,1-2H3. The minimum Gasteiger partial charge on any atom is -0.338 e. The second-order valence-corrected chi connectivity index (χ2v) is 10.5. The average molecular weight is 521 g/mol. The molecule has 170 valence electrons. The van der Waals surface area contributed by atoms with Gasteiger partial charge in [0.25, 0.3) is 6.43 Å². The van der Waals surface area contributed by atoms with Gasteiger partial charge in [0.2, 0.25) is 15.9 Å². The third-order valence-electron chi connectivity index (χ3n) is 5.81. The summed E-state index contributed by atoms with van der Waals surface area (Å²) >= 11 is 3.22. The van der Waals surface area contributed by atoms with Crippen molar-refractivity contribution in [1.29, 1.82) is 0 Å². The van der Waals surface area contributed by atoms with Crippen molar-refractivity contribution in [2.45, 2.75) is 43.5 Å². The Balaban J connectivity index is 1.44. The van der Waals surface area contributed by atoms with Crippen molar-refractivity contribution in [3.8, 4) is 0 Å². The molecule has 9 nitrogen and oxygen atoms in total. The average Bonchev–Trinajstić information content (AvgIpc) is 3.42. The number of hydrogen-bond donors (Lipinski definition) is 0. The summed E-state index contributed by atoms with van der Waals surface area (Å²) in [4.78, 5) is 14.5. The van der Waals surface area contributed by atoms with Gasteiger partial charge in [-0.1, -0.05) is 0 Å². The van der Waals surface area contributed by atoms with Crippen molar-refractivity contribution in [3.05, 3.63) is 27.8 Å². The molecule has 4 rings (SSSR count). The number of carbonyl (C=O) groups is 1. The molecule has 0 unspecified atom stereocenters. The second-order valence-electron chi connectivity index (χ2n) is 7.82. The van der Waals surface area contributed by atoms with Gasteiger partial charge in [-0.25, -0.2) is 17.2 Å². The van der Waals surface area contributed by atoms with E-state index in [1.165, 1.54) is 19.9 Å². The molecule has 0 aromatic carbocycles. The lowest BCUT2D eigenvalue weighted by Gasteiger charge is -2.34. The third kappa shape index (κ3) is 4.14. The summed E-state index contributed by atoms with van der Waals surface area (Å²) in [5, 5.41) is 7.96. The van der Waals surface area contributed by atoms with E-state index in [0.29, 0.717) is 11.4 Å². The molecule has 13 heteroatoms. The second kappa shape index (κ2) is 8.24. The maximum Gasteiger partial charge on any atom is 0.283 e. The van der Waals surface area contributed by atoms with E-state index >= 15 is 0 Å². The fourth-order valence-corrected chi connectivity index (χ4v) is 6.14. The molecule has 0 N–H and O–H groups in total. The molecule has 2 fully saturated rings. The summed E-state index contributed by atoms with van der Waals surface area (Å²) in [5.41, 5.74) is 0.833. The van der Waals surface area contributed by atoms with Gasteiger partial charge in [-0.05, 0) is 35.7 Å². The highest BCUT2D eigenvalue weighted by atomic mass is 79.9. The van der Waals surface area contributed by atoms with E-state index in [0.717, 1.165) is 12.8 Å². The van der Waals surface area contributed by atoms with Crippen LogP contribution in [0.3, 0.4) is 0 Å². The van der Waals surface area contributed by atoms with E-state index < -0.39 is 16.4 Å². The Hall–Kier alpha value is -1.86. The van der Waals surface area contributed by atoms with Crippen LogP contribution in [-0.2, 0) is 28.4 Å². The molecule has 2 aromatic heterocycles. The van der Waals surface area contributed by atoms with Crippen molar-refractivity contribution in [2.75, 3.05) is 26.2 Å². The van der Waals surface area contributed by atoms with Gasteiger partial charge in [-0.3, -0.25) is 14.2 Å². The lowest BCUT2D eigenvalue weighted by atomic mass is 10.2. The van der Waals surface area contributed by atoms with Crippen molar-refractivity contribution in [2.24, 2.45) is 7.05 Å². The minimum absolute atomic E-state index is 0.131. The lowest BCUT2D eigenvalue weighted by molar-refractivity contribution is -0.133. The van der Waals surface area contributed by atoms with E-state index in [1.807, 2.05) is 0 Å². The summed E-state index contributed by atoms with van der Waals surface area (Å²) in [6.07, 6.45) is 0.363. The van der Waals surface area contributed by atoms with Crippen LogP contribution in [0.4, 0.5) is 8.78 Å². The maximum atomic E-state index is 13.3. The van der Waals surface area contributed by atoms with Gasteiger partial charge >= 0.3 is 0 Å². The van der Waals surface area contributed by atoms with Crippen LogP contribution in [0, 0.1) is 6.92 Å². The molecule has 1 aliphatic carbocycles. The first kappa shape index (κ1) is 22.3. The number of aryl methyl sites for hydroxylation is 1. The summed E-state index contributed by atoms with van der Waals surface area (Å²) in [5.74, 6) is -0.140. The molecular formula is C18H23BrF2N6O3S. The molecule has 2 aliphatic rings. The first-order valence-electron chi connectivity index (χ1n) is 9.92. The van der Waals surface area contributed by atoms with Crippen molar-refractivity contribution < 1.29 is 22.0 Å². The smallest absolute Gasteiger partial charge is 0.283 e. The molecule has 0 bridgehead atoms. The molecule has 0 atom stereocenters. The van der Waals surface area contributed by atoms with Gasteiger partial charge in [-0.2, -0.15) is 14.5 Å². The molecule has 1 amide bonds. The van der Waals surface area contributed by atoms with Gasteiger partial charge in [0, 0.05) is 39.1 Å². The highest BCUT2D eigenvalue weighted by Gasteiger charge is 2.36. The molecule has 0 radical (unpaired) electrons. The number of hydrogen-bond acceptors (Lipinski definition) is 5. The highest BCUT2D eigenvalue weighted by molar-refractivity contribution is 9.10. The van der Waals surface area contributed by atoms with Crippen molar-refractivity contribution >= 4 is 31.9 Å². The van der Waals surface area contributed by atoms with Gasteiger partial charge in [0.1, 0.15) is 17.1 Å². The molecule has 2 aromatic rings.